The van der Waals surface area contributed by atoms with E-state index in [9.17, 15) is 4.79 Å². The fourth-order valence-corrected chi connectivity index (χ4v) is 2.65. The highest BCUT2D eigenvalue weighted by molar-refractivity contribution is 5.67. The Morgan fingerprint density at radius 3 is 2.74 bits per heavy atom. The van der Waals surface area contributed by atoms with Crippen LogP contribution in [0.3, 0.4) is 0 Å². The van der Waals surface area contributed by atoms with E-state index < -0.39 is 0 Å². The van der Waals surface area contributed by atoms with Crippen molar-refractivity contribution >= 4 is 6.09 Å². The number of carbonyl (C=O) groups is 1. The Hall–Kier alpha value is -1.69. The van der Waals surface area contributed by atoms with Crippen molar-refractivity contribution in [3.8, 4) is 0 Å². The summed E-state index contributed by atoms with van der Waals surface area (Å²) in [4.78, 5) is 25.0. The molecule has 2 rings (SSSR count). The number of nitrogens with zero attached hydrogens (tertiary/aromatic N) is 4. The topological polar surface area (TPSA) is 58.6 Å². The summed E-state index contributed by atoms with van der Waals surface area (Å²) in [6.45, 7) is 12.6. The van der Waals surface area contributed by atoms with Crippen LogP contribution < -0.4 is 0 Å². The zero-order valence-corrected chi connectivity index (χ0v) is 14.7. The first-order valence-corrected chi connectivity index (χ1v) is 8.39. The second-order valence-corrected chi connectivity index (χ2v) is 6.62. The molecule has 0 radical (unpaired) electrons. The molecular formula is C17H28N4O2. The molecule has 6 nitrogen and oxygen atoms in total. The summed E-state index contributed by atoms with van der Waals surface area (Å²) in [5, 5.41) is 0. The van der Waals surface area contributed by atoms with Crippen LogP contribution in [0.5, 0.6) is 0 Å². The van der Waals surface area contributed by atoms with Crippen molar-refractivity contribution in [1.29, 1.82) is 0 Å². The number of hydrogen-bond acceptors (Lipinski definition) is 5. The lowest BCUT2D eigenvalue weighted by atomic mass is 10.2. The van der Waals surface area contributed by atoms with Gasteiger partial charge in [0, 0.05) is 50.2 Å². The number of amides is 1. The van der Waals surface area contributed by atoms with Crippen LogP contribution >= 0.6 is 0 Å². The lowest BCUT2D eigenvalue weighted by molar-refractivity contribution is 0.0930. The van der Waals surface area contributed by atoms with Crippen LogP contribution in [0.2, 0.25) is 0 Å². The number of aryl methyl sites for hydroxylation is 2. The van der Waals surface area contributed by atoms with Gasteiger partial charge >= 0.3 is 6.09 Å². The Labute approximate surface area is 138 Å². The molecule has 0 bridgehead atoms. The molecule has 1 fully saturated rings. The van der Waals surface area contributed by atoms with Gasteiger partial charge in [0.15, 0.2) is 0 Å². The normalized spacial score (nSPS) is 16.5. The lowest BCUT2D eigenvalue weighted by Gasteiger charge is -2.22. The summed E-state index contributed by atoms with van der Waals surface area (Å²) in [5.74, 6) is 1.17. The highest BCUT2D eigenvalue weighted by Gasteiger charge is 2.21. The predicted octanol–water partition coefficient (Wildman–Crippen LogP) is 2.39. The monoisotopic (exact) mass is 320 g/mol. The van der Waals surface area contributed by atoms with E-state index in [4.69, 9.17) is 4.74 Å². The van der Waals surface area contributed by atoms with E-state index in [1.165, 1.54) is 0 Å². The minimum absolute atomic E-state index is 0.185. The van der Waals surface area contributed by atoms with Gasteiger partial charge in [0.1, 0.15) is 5.82 Å². The van der Waals surface area contributed by atoms with Gasteiger partial charge in [-0.2, -0.15) is 0 Å². The van der Waals surface area contributed by atoms with Crippen molar-refractivity contribution in [3.05, 3.63) is 23.3 Å². The molecule has 1 aliphatic rings. The highest BCUT2D eigenvalue weighted by atomic mass is 16.6. The van der Waals surface area contributed by atoms with Crippen molar-refractivity contribution in [2.24, 2.45) is 5.92 Å². The van der Waals surface area contributed by atoms with E-state index in [0.29, 0.717) is 19.1 Å². The third kappa shape index (κ3) is 5.46. The Bertz CT molecular complexity index is 533. The van der Waals surface area contributed by atoms with Crippen LogP contribution in [0, 0.1) is 19.8 Å². The van der Waals surface area contributed by atoms with Gasteiger partial charge in [-0.25, -0.2) is 14.8 Å². The molecule has 128 valence electrons. The van der Waals surface area contributed by atoms with E-state index in [0.717, 1.165) is 49.7 Å². The fourth-order valence-electron chi connectivity index (χ4n) is 2.65. The molecule has 6 heteroatoms. The van der Waals surface area contributed by atoms with Gasteiger partial charge in [0.25, 0.3) is 0 Å². The SMILES string of the molecule is Cc1ncc(CN2CCCN(C(=O)OCC(C)C)CC2)c(C)n1. The third-order valence-corrected chi connectivity index (χ3v) is 3.98. The van der Waals surface area contributed by atoms with E-state index in [1.54, 1.807) is 0 Å². The standard InChI is InChI=1S/C17H28N4O2/c1-13(2)12-23-17(22)21-7-5-6-20(8-9-21)11-16-10-18-15(4)19-14(16)3/h10,13H,5-9,11-12H2,1-4H3. The molecule has 0 unspecified atom stereocenters. The second kappa shape index (κ2) is 8.24. The predicted molar refractivity (Wildman–Crippen MR) is 89.2 cm³/mol. The maximum Gasteiger partial charge on any atom is 0.409 e. The lowest BCUT2D eigenvalue weighted by Crippen LogP contribution is -2.36. The van der Waals surface area contributed by atoms with Crippen molar-refractivity contribution in [2.45, 2.75) is 40.7 Å². The number of rotatable bonds is 4. The first-order valence-electron chi connectivity index (χ1n) is 8.39. The second-order valence-electron chi connectivity index (χ2n) is 6.62. The molecule has 1 amide bonds. The van der Waals surface area contributed by atoms with Gasteiger partial charge in [-0.1, -0.05) is 13.8 Å². The van der Waals surface area contributed by atoms with E-state index in [2.05, 4.69) is 14.9 Å². The maximum atomic E-state index is 12.1. The minimum Gasteiger partial charge on any atom is -0.449 e. The Morgan fingerprint density at radius 1 is 1.26 bits per heavy atom. The van der Waals surface area contributed by atoms with Crippen molar-refractivity contribution in [1.82, 2.24) is 19.8 Å². The molecule has 1 saturated heterocycles. The summed E-state index contributed by atoms with van der Waals surface area (Å²) in [6.07, 6.45) is 2.69. The zero-order chi connectivity index (χ0) is 16.8. The van der Waals surface area contributed by atoms with Gasteiger partial charge in [0.2, 0.25) is 0 Å². The number of hydrogen-bond donors (Lipinski definition) is 0. The van der Waals surface area contributed by atoms with E-state index in [1.807, 2.05) is 38.8 Å². The van der Waals surface area contributed by atoms with E-state index in [-0.39, 0.29) is 6.09 Å². The van der Waals surface area contributed by atoms with Gasteiger partial charge in [-0.05, 0) is 26.2 Å². The molecule has 1 aliphatic heterocycles. The summed E-state index contributed by atoms with van der Waals surface area (Å²) in [5.41, 5.74) is 2.20. The van der Waals surface area contributed by atoms with Gasteiger partial charge in [-0.3, -0.25) is 4.90 Å². The quantitative estimate of drug-likeness (QED) is 0.852. The number of ether oxygens (including phenoxy) is 1. The first-order chi connectivity index (χ1) is 11.0. The van der Waals surface area contributed by atoms with Crippen LogP contribution in [0.15, 0.2) is 6.20 Å². The van der Waals surface area contributed by atoms with Gasteiger partial charge in [-0.15, -0.1) is 0 Å². The average molecular weight is 320 g/mol. The molecule has 0 saturated carbocycles. The molecule has 0 N–H and O–H groups in total. The minimum atomic E-state index is -0.185. The molecule has 0 atom stereocenters. The first kappa shape index (κ1) is 17.7. The van der Waals surface area contributed by atoms with Crippen molar-refractivity contribution in [2.75, 3.05) is 32.8 Å². The molecule has 1 aromatic heterocycles. The number of aromatic nitrogens is 2. The summed E-state index contributed by atoms with van der Waals surface area (Å²) >= 11 is 0. The molecule has 23 heavy (non-hydrogen) atoms. The van der Waals surface area contributed by atoms with Crippen molar-refractivity contribution < 1.29 is 9.53 Å². The summed E-state index contributed by atoms with van der Waals surface area (Å²) in [6, 6.07) is 0. The summed E-state index contributed by atoms with van der Waals surface area (Å²) < 4.78 is 5.33. The Morgan fingerprint density at radius 2 is 2.04 bits per heavy atom. The zero-order valence-electron chi connectivity index (χ0n) is 14.7. The van der Waals surface area contributed by atoms with Crippen LogP contribution in [0.4, 0.5) is 4.79 Å². The average Bonchev–Trinajstić information content (AvgIpc) is 2.73. The largest absolute Gasteiger partial charge is 0.449 e. The van der Waals surface area contributed by atoms with Gasteiger partial charge in [0.05, 0.1) is 6.61 Å². The molecule has 0 aliphatic carbocycles. The highest BCUT2D eigenvalue weighted by Crippen LogP contribution is 2.12. The molecule has 0 aromatic carbocycles. The smallest absolute Gasteiger partial charge is 0.409 e. The summed E-state index contributed by atoms with van der Waals surface area (Å²) in [7, 11) is 0. The van der Waals surface area contributed by atoms with Crippen LogP contribution in [0.1, 0.15) is 37.4 Å². The van der Waals surface area contributed by atoms with Gasteiger partial charge < -0.3 is 9.64 Å². The van der Waals surface area contributed by atoms with E-state index >= 15 is 0 Å². The van der Waals surface area contributed by atoms with Crippen molar-refractivity contribution in [3.63, 3.8) is 0 Å². The Balaban J connectivity index is 1.87. The van der Waals surface area contributed by atoms with Crippen LogP contribution in [0.25, 0.3) is 0 Å². The Kier molecular flexibility index (Phi) is 6.33. The van der Waals surface area contributed by atoms with Crippen LogP contribution in [-0.4, -0.2) is 58.6 Å². The molecule has 0 spiro atoms. The molecule has 2 heterocycles. The third-order valence-electron chi connectivity index (χ3n) is 3.98. The molecule has 1 aromatic rings. The maximum absolute atomic E-state index is 12.1. The van der Waals surface area contributed by atoms with Crippen LogP contribution in [-0.2, 0) is 11.3 Å². The molecular weight excluding hydrogens is 292 g/mol. The fraction of sp³-hybridized carbons (Fsp3) is 0.706. The number of carbonyl (C=O) groups excluding carboxylic acids is 1.